The number of anilines is 1. The fourth-order valence-corrected chi connectivity index (χ4v) is 0.609. The molecule has 0 aromatic carbocycles. The Labute approximate surface area is 58.0 Å². The summed E-state index contributed by atoms with van der Waals surface area (Å²) >= 11 is 0. The van der Waals surface area contributed by atoms with E-state index >= 15 is 0 Å². The fourth-order valence-electron chi connectivity index (χ4n) is 0.609. The van der Waals surface area contributed by atoms with Crippen LogP contribution in [0.25, 0.3) is 0 Å². The normalized spacial score (nSPS) is 9.70. The number of aromatic nitrogens is 2. The molecular formula is C5H9N3O2. The highest BCUT2D eigenvalue weighted by Gasteiger charge is 2.01. The van der Waals surface area contributed by atoms with E-state index in [2.05, 4.69) is 4.98 Å². The van der Waals surface area contributed by atoms with Crippen LogP contribution >= 0.6 is 0 Å². The van der Waals surface area contributed by atoms with E-state index in [9.17, 15) is 0 Å². The Morgan fingerprint density at radius 3 is 3.00 bits per heavy atom. The molecular weight excluding hydrogens is 134 g/mol. The van der Waals surface area contributed by atoms with Gasteiger partial charge in [-0.2, -0.15) is 9.71 Å². The molecule has 0 aliphatic carbocycles. The summed E-state index contributed by atoms with van der Waals surface area (Å²) in [5, 5.41) is 8.77. The molecule has 5 nitrogen and oxygen atoms in total. The molecule has 0 saturated carbocycles. The molecule has 1 heterocycles. The van der Waals surface area contributed by atoms with Gasteiger partial charge in [-0.1, -0.05) is 0 Å². The number of imidazole rings is 1. The van der Waals surface area contributed by atoms with E-state index in [1.807, 2.05) is 6.92 Å². The SMILES string of the molecule is CCOn1cc(O)nc1N. The smallest absolute Gasteiger partial charge is 0.237 e. The van der Waals surface area contributed by atoms with Gasteiger partial charge in [-0.25, -0.2) is 0 Å². The summed E-state index contributed by atoms with van der Waals surface area (Å²) < 4.78 is 1.22. The minimum absolute atomic E-state index is 0.133. The third-order valence-electron chi connectivity index (χ3n) is 0.956. The van der Waals surface area contributed by atoms with Crippen LogP contribution in [-0.2, 0) is 0 Å². The van der Waals surface area contributed by atoms with Gasteiger partial charge in [0.25, 0.3) is 0 Å². The summed E-state index contributed by atoms with van der Waals surface area (Å²) in [6.07, 6.45) is 1.30. The van der Waals surface area contributed by atoms with E-state index in [0.717, 1.165) is 0 Å². The first-order valence-electron chi connectivity index (χ1n) is 2.91. The molecule has 0 amide bonds. The summed E-state index contributed by atoms with van der Waals surface area (Å²) in [7, 11) is 0. The van der Waals surface area contributed by atoms with Crippen molar-refractivity contribution in [1.29, 1.82) is 0 Å². The van der Waals surface area contributed by atoms with Crippen LogP contribution in [0.3, 0.4) is 0 Å². The van der Waals surface area contributed by atoms with E-state index in [1.165, 1.54) is 10.9 Å². The van der Waals surface area contributed by atoms with Gasteiger partial charge in [0, 0.05) is 0 Å². The minimum Gasteiger partial charge on any atom is -0.492 e. The molecule has 0 bridgehead atoms. The summed E-state index contributed by atoms with van der Waals surface area (Å²) in [4.78, 5) is 8.43. The summed E-state index contributed by atoms with van der Waals surface area (Å²) in [6.45, 7) is 2.30. The Kier molecular flexibility index (Phi) is 1.66. The predicted octanol–water partition coefficient (Wildman–Crippen LogP) is -0.381. The molecule has 56 valence electrons. The van der Waals surface area contributed by atoms with Gasteiger partial charge in [0.1, 0.15) is 12.8 Å². The predicted molar refractivity (Wildman–Crippen MR) is 35.4 cm³/mol. The van der Waals surface area contributed by atoms with Gasteiger partial charge in [0.05, 0.1) is 0 Å². The molecule has 1 rings (SSSR count). The topological polar surface area (TPSA) is 73.3 Å². The Morgan fingerprint density at radius 2 is 2.60 bits per heavy atom. The van der Waals surface area contributed by atoms with E-state index in [4.69, 9.17) is 15.7 Å². The minimum atomic E-state index is -0.133. The fraction of sp³-hybridized carbons (Fsp3) is 0.400. The number of nitrogens with two attached hydrogens (primary N) is 1. The first-order chi connectivity index (χ1) is 4.74. The van der Waals surface area contributed by atoms with Crippen molar-refractivity contribution in [2.45, 2.75) is 6.92 Å². The Bertz CT molecular complexity index is 221. The molecule has 3 N–H and O–H groups in total. The number of nitrogen functional groups attached to an aromatic ring is 1. The second-order valence-electron chi connectivity index (χ2n) is 1.70. The number of rotatable bonds is 2. The standard InChI is InChI=1S/C5H9N3O2/c1-2-10-8-3-4(9)7-5(8)6/h3,9H,2H2,1H3,(H2,6,7). The third kappa shape index (κ3) is 1.12. The average Bonchev–Trinajstić information content (AvgIpc) is 2.13. The van der Waals surface area contributed by atoms with Crippen molar-refractivity contribution in [2.24, 2.45) is 0 Å². The maximum absolute atomic E-state index is 8.77. The molecule has 10 heavy (non-hydrogen) atoms. The quantitative estimate of drug-likeness (QED) is 0.591. The molecule has 0 fully saturated rings. The summed E-state index contributed by atoms with van der Waals surface area (Å²) in [6, 6.07) is 0. The van der Waals surface area contributed by atoms with Crippen LogP contribution in [0.5, 0.6) is 5.88 Å². The lowest BCUT2D eigenvalue weighted by molar-refractivity contribution is 0.126. The molecule has 5 heteroatoms. The zero-order valence-corrected chi connectivity index (χ0v) is 5.61. The van der Waals surface area contributed by atoms with Crippen LogP contribution in [-0.4, -0.2) is 21.4 Å². The number of aromatic hydroxyl groups is 1. The Hall–Kier alpha value is -1.39. The second kappa shape index (κ2) is 2.47. The zero-order valence-electron chi connectivity index (χ0n) is 5.61. The van der Waals surface area contributed by atoms with Gasteiger partial charge in [0.15, 0.2) is 0 Å². The monoisotopic (exact) mass is 143 g/mol. The van der Waals surface area contributed by atoms with Gasteiger partial charge in [0.2, 0.25) is 11.8 Å². The molecule has 0 saturated heterocycles. The summed E-state index contributed by atoms with van der Waals surface area (Å²) in [5.74, 6) is 0.0188. The van der Waals surface area contributed by atoms with Gasteiger partial charge in [-0.3, -0.25) is 0 Å². The van der Waals surface area contributed by atoms with Crippen LogP contribution in [0.4, 0.5) is 5.95 Å². The van der Waals surface area contributed by atoms with Gasteiger partial charge >= 0.3 is 0 Å². The maximum Gasteiger partial charge on any atom is 0.237 e. The summed E-state index contributed by atoms with van der Waals surface area (Å²) in [5.41, 5.74) is 5.29. The van der Waals surface area contributed by atoms with Crippen LogP contribution < -0.4 is 10.6 Å². The van der Waals surface area contributed by atoms with Gasteiger partial charge < -0.3 is 15.7 Å². The number of hydrogen-bond acceptors (Lipinski definition) is 4. The van der Waals surface area contributed by atoms with Crippen molar-refractivity contribution in [3.05, 3.63) is 6.20 Å². The lowest BCUT2D eigenvalue weighted by Gasteiger charge is -2.01. The lowest BCUT2D eigenvalue weighted by Crippen LogP contribution is -2.12. The first-order valence-corrected chi connectivity index (χ1v) is 2.91. The highest BCUT2D eigenvalue weighted by atomic mass is 16.7. The molecule has 1 aromatic heterocycles. The highest BCUT2D eigenvalue weighted by molar-refractivity contribution is 5.22. The number of nitrogens with zero attached hydrogens (tertiary/aromatic N) is 2. The third-order valence-corrected chi connectivity index (χ3v) is 0.956. The molecule has 0 aliphatic rings. The molecule has 0 spiro atoms. The van der Waals surface area contributed by atoms with E-state index in [-0.39, 0.29) is 11.8 Å². The van der Waals surface area contributed by atoms with Crippen LogP contribution in [0.15, 0.2) is 6.20 Å². The second-order valence-corrected chi connectivity index (χ2v) is 1.70. The van der Waals surface area contributed by atoms with E-state index < -0.39 is 0 Å². The van der Waals surface area contributed by atoms with Crippen LogP contribution in [0.1, 0.15) is 6.92 Å². The van der Waals surface area contributed by atoms with Crippen molar-refractivity contribution in [1.82, 2.24) is 9.71 Å². The molecule has 0 aliphatic heterocycles. The Balaban J connectivity index is 2.81. The van der Waals surface area contributed by atoms with Crippen LogP contribution in [0, 0.1) is 0 Å². The number of hydrogen-bond donors (Lipinski definition) is 2. The highest BCUT2D eigenvalue weighted by Crippen LogP contribution is 2.07. The Morgan fingerprint density at radius 1 is 1.90 bits per heavy atom. The first kappa shape index (κ1) is 6.73. The van der Waals surface area contributed by atoms with Gasteiger partial charge in [-0.05, 0) is 6.92 Å². The van der Waals surface area contributed by atoms with Crippen molar-refractivity contribution in [2.75, 3.05) is 12.3 Å². The van der Waals surface area contributed by atoms with Crippen LogP contribution in [0.2, 0.25) is 0 Å². The van der Waals surface area contributed by atoms with Crippen molar-refractivity contribution >= 4 is 5.95 Å². The van der Waals surface area contributed by atoms with E-state index in [0.29, 0.717) is 6.61 Å². The van der Waals surface area contributed by atoms with E-state index in [1.54, 1.807) is 0 Å². The largest absolute Gasteiger partial charge is 0.492 e. The zero-order chi connectivity index (χ0) is 7.56. The molecule has 0 unspecified atom stereocenters. The van der Waals surface area contributed by atoms with Gasteiger partial charge in [-0.15, -0.1) is 0 Å². The average molecular weight is 143 g/mol. The van der Waals surface area contributed by atoms with Crippen molar-refractivity contribution in [3.63, 3.8) is 0 Å². The molecule has 0 radical (unpaired) electrons. The maximum atomic E-state index is 8.77. The van der Waals surface area contributed by atoms with Crippen molar-refractivity contribution in [3.8, 4) is 5.88 Å². The molecule has 1 aromatic rings. The lowest BCUT2D eigenvalue weighted by atomic mass is 10.9. The molecule has 0 atom stereocenters. The van der Waals surface area contributed by atoms with Crippen molar-refractivity contribution < 1.29 is 9.94 Å².